The average molecular weight is 274 g/mol. The smallest absolute Gasteiger partial charge is 0.226 e. The second-order valence-corrected chi connectivity index (χ2v) is 5.63. The second kappa shape index (κ2) is 6.27. The zero-order chi connectivity index (χ0) is 13.8. The zero-order valence-corrected chi connectivity index (χ0v) is 11.8. The van der Waals surface area contributed by atoms with Gasteiger partial charge in [0.1, 0.15) is 0 Å². The van der Waals surface area contributed by atoms with Gasteiger partial charge in [0.05, 0.1) is 12.5 Å². The van der Waals surface area contributed by atoms with Gasteiger partial charge < -0.3 is 15.0 Å². The summed E-state index contributed by atoms with van der Waals surface area (Å²) in [5, 5.41) is 2.95. The molecular weight excluding hydrogens is 252 g/mol. The Hall–Kier alpha value is -1.55. The molecule has 20 heavy (non-hydrogen) atoms. The molecule has 4 nitrogen and oxygen atoms in total. The number of carbonyl (C=O) groups excluding carboxylic acids is 1. The van der Waals surface area contributed by atoms with Crippen LogP contribution in [0.3, 0.4) is 0 Å². The van der Waals surface area contributed by atoms with Crippen molar-refractivity contribution in [3.8, 4) is 0 Å². The first kappa shape index (κ1) is 13.4. The maximum absolute atomic E-state index is 11.9. The number of nitrogens with zero attached hydrogens (tertiary/aromatic N) is 1. The van der Waals surface area contributed by atoms with Gasteiger partial charge in [0.15, 0.2) is 0 Å². The molecule has 0 aliphatic carbocycles. The van der Waals surface area contributed by atoms with E-state index in [1.165, 1.54) is 18.5 Å². The molecule has 1 N–H and O–H groups in total. The summed E-state index contributed by atoms with van der Waals surface area (Å²) in [4.78, 5) is 14.3. The average Bonchev–Trinajstić information content (AvgIpc) is 3.12. The Morgan fingerprint density at radius 3 is 2.60 bits per heavy atom. The molecule has 0 aromatic heterocycles. The molecule has 0 radical (unpaired) electrons. The fraction of sp³-hybridized carbons (Fsp3) is 0.562. The van der Waals surface area contributed by atoms with Gasteiger partial charge in [-0.1, -0.05) is 0 Å². The van der Waals surface area contributed by atoms with Crippen LogP contribution >= 0.6 is 0 Å². The van der Waals surface area contributed by atoms with Gasteiger partial charge in [0, 0.05) is 31.1 Å². The summed E-state index contributed by atoms with van der Waals surface area (Å²) in [7, 11) is 0. The molecule has 2 aliphatic rings. The third-order valence-corrected chi connectivity index (χ3v) is 4.06. The highest BCUT2D eigenvalue weighted by molar-refractivity contribution is 5.91. The predicted molar refractivity (Wildman–Crippen MR) is 80.1 cm³/mol. The van der Waals surface area contributed by atoms with Crippen LogP contribution in [-0.4, -0.2) is 31.7 Å². The van der Waals surface area contributed by atoms with Crippen molar-refractivity contribution in [1.82, 2.24) is 0 Å². The SMILES string of the molecule is O=C(CC1CCCO1)Nc1ccc(N2CCCC2)cc1. The topological polar surface area (TPSA) is 41.6 Å². The molecule has 0 bridgehead atoms. The Bertz CT molecular complexity index is 446. The van der Waals surface area contributed by atoms with Crippen LogP contribution in [0.5, 0.6) is 0 Å². The molecular formula is C16H22N2O2. The number of carbonyl (C=O) groups is 1. The molecule has 108 valence electrons. The number of hydrogen-bond acceptors (Lipinski definition) is 3. The quantitative estimate of drug-likeness (QED) is 0.918. The lowest BCUT2D eigenvalue weighted by atomic mass is 10.1. The molecule has 0 spiro atoms. The van der Waals surface area contributed by atoms with E-state index < -0.39 is 0 Å². The molecule has 2 fully saturated rings. The van der Waals surface area contributed by atoms with Gasteiger partial charge in [-0.25, -0.2) is 0 Å². The Morgan fingerprint density at radius 2 is 1.95 bits per heavy atom. The third-order valence-electron chi connectivity index (χ3n) is 4.06. The highest BCUT2D eigenvalue weighted by Gasteiger charge is 2.19. The molecule has 2 aliphatic heterocycles. The number of rotatable bonds is 4. The summed E-state index contributed by atoms with van der Waals surface area (Å²) in [5.74, 6) is 0.0471. The Labute approximate surface area is 120 Å². The van der Waals surface area contributed by atoms with Crippen molar-refractivity contribution in [2.45, 2.75) is 38.2 Å². The van der Waals surface area contributed by atoms with Gasteiger partial charge in [0.2, 0.25) is 5.91 Å². The van der Waals surface area contributed by atoms with Gasteiger partial charge in [-0.2, -0.15) is 0 Å². The lowest BCUT2D eigenvalue weighted by Gasteiger charge is -2.18. The fourth-order valence-electron chi connectivity index (χ4n) is 2.96. The molecule has 1 aromatic carbocycles. The van der Waals surface area contributed by atoms with Gasteiger partial charge in [-0.05, 0) is 49.9 Å². The van der Waals surface area contributed by atoms with E-state index in [1.807, 2.05) is 12.1 Å². The van der Waals surface area contributed by atoms with Gasteiger partial charge >= 0.3 is 0 Å². The van der Waals surface area contributed by atoms with Crippen molar-refractivity contribution in [3.05, 3.63) is 24.3 Å². The Morgan fingerprint density at radius 1 is 1.20 bits per heavy atom. The maximum Gasteiger partial charge on any atom is 0.226 e. The molecule has 2 saturated heterocycles. The van der Waals surface area contributed by atoms with Crippen LogP contribution in [0.2, 0.25) is 0 Å². The summed E-state index contributed by atoms with van der Waals surface area (Å²) in [6.07, 6.45) is 5.20. The van der Waals surface area contributed by atoms with E-state index in [9.17, 15) is 4.79 Å². The van der Waals surface area contributed by atoms with Crippen LogP contribution in [0.25, 0.3) is 0 Å². The molecule has 1 aromatic rings. The normalized spacial score (nSPS) is 22.2. The van der Waals surface area contributed by atoms with Gasteiger partial charge in [-0.15, -0.1) is 0 Å². The van der Waals surface area contributed by atoms with Crippen LogP contribution < -0.4 is 10.2 Å². The van der Waals surface area contributed by atoms with Crippen molar-refractivity contribution < 1.29 is 9.53 Å². The van der Waals surface area contributed by atoms with E-state index in [-0.39, 0.29) is 12.0 Å². The van der Waals surface area contributed by atoms with E-state index in [4.69, 9.17) is 4.74 Å². The first-order chi connectivity index (χ1) is 9.81. The summed E-state index contributed by atoms with van der Waals surface area (Å²) >= 11 is 0. The first-order valence-electron chi connectivity index (χ1n) is 7.58. The monoisotopic (exact) mass is 274 g/mol. The first-order valence-corrected chi connectivity index (χ1v) is 7.58. The van der Waals surface area contributed by atoms with Crippen LogP contribution in [0.1, 0.15) is 32.1 Å². The van der Waals surface area contributed by atoms with Crippen molar-refractivity contribution in [1.29, 1.82) is 0 Å². The van der Waals surface area contributed by atoms with E-state index >= 15 is 0 Å². The number of anilines is 2. The standard InChI is InChI=1S/C16H22N2O2/c19-16(12-15-4-3-11-20-15)17-13-5-7-14(8-6-13)18-9-1-2-10-18/h5-8,15H,1-4,9-12H2,(H,17,19). The van der Waals surface area contributed by atoms with Crippen LogP contribution in [0, 0.1) is 0 Å². The number of amides is 1. The van der Waals surface area contributed by atoms with Crippen molar-refractivity contribution in [2.75, 3.05) is 29.9 Å². The maximum atomic E-state index is 11.9. The van der Waals surface area contributed by atoms with Crippen molar-refractivity contribution in [2.24, 2.45) is 0 Å². The number of nitrogens with one attached hydrogen (secondary N) is 1. The highest BCUT2D eigenvalue weighted by atomic mass is 16.5. The van der Waals surface area contributed by atoms with Crippen LogP contribution in [0.15, 0.2) is 24.3 Å². The number of benzene rings is 1. The van der Waals surface area contributed by atoms with Gasteiger partial charge in [-0.3, -0.25) is 4.79 Å². The van der Waals surface area contributed by atoms with Gasteiger partial charge in [0.25, 0.3) is 0 Å². The number of ether oxygens (including phenoxy) is 1. The second-order valence-electron chi connectivity index (χ2n) is 5.63. The predicted octanol–water partition coefficient (Wildman–Crippen LogP) is 2.79. The molecule has 4 heteroatoms. The van der Waals surface area contributed by atoms with Crippen molar-refractivity contribution in [3.63, 3.8) is 0 Å². The minimum Gasteiger partial charge on any atom is -0.378 e. The van der Waals surface area contributed by atoms with E-state index in [0.717, 1.165) is 38.2 Å². The summed E-state index contributed by atoms with van der Waals surface area (Å²) in [6, 6.07) is 8.15. The minimum absolute atomic E-state index is 0.0471. The summed E-state index contributed by atoms with van der Waals surface area (Å²) in [6.45, 7) is 3.08. The molecule has 2 heterocycles. The fourth-order valence-corrected chi connectivity index (χ4v) is 2.96. The molecule has 0 saturated carbocycles. The summed E-state index contributed by atoms with van der Waals surface area (Å²) < 4.78 is 5.48. The molecule has 1 unspecified atom stereocenters. The minimum atomic E-state index is 0.0471. The molecule has 3 rings (SSSR count). The summed E-state index contributed by atoms with van der Waals surface area (Å²) in [5.41, 5.74) is 2.12. The zero-order valence-electron chi connectivity index (χ0n) is 11.8. The lowest BCUT2D eigenvalue weighted by molar-refractivity contribution is -0.118. The Balaban J connectivity index is 1.53. The highest BCUT2D eigenvalue weighted by Crippen LogP contribution is 2.22. The lowest BCUT2D eigenvalue weighted by Crippen LogP contribution is -2.19. The Kier molecular flexibility index (Phi) is 4.21. The molecule has 1 amide bonds. The van der Waals surface area contributed by atoms with E-state index in [0.29, 0.717) is 6.42 Å². The third kappa shape index (κ3) is 3.31. The van der Waals surface area contributed by atoms with Crippen LogP contribution in [-0.2, 0) is 9.53 Å². The van der Waals surface area contributed by atoms with E-state index in [1.54, 1.807) is 0 Å². The molecule has 1 atom stereocenters. The van der Waals surface area contributed by atoms with E-state index in [2.05, 4.69) is 22.3 Å². The van der Waals surface area contributed by atoms with Crippen LogP contribution in [0.4, 0.5) is 11.4 Å². The van der Waals surface area contributed by atoms with Crippen molar-refractivity contribution >= 4 is 17.3 Å². The number of hydrogen-bond donors (Lipinski definition) is 1. The largest absolute Gasteiger partial charge is 0.378 e.